The molecular formula is C11H18N4O. The van der Waals surface area contributed by atoms with Crippen LogP contribution in [0, 0.1) is 0 Å². The largest absolute Gasteiger partial charge is 0.341 e. The van der Waals surface area contributed by atoms with Crippen LogP contribution < -0.4 is 5.73 Å². The van der Waals surface area contributed by atoms with E-state index in [0.29, 0.717) is 19.5 Å². The number of nitrogens with zero attached hydrogens (tertiary/aromatic N) is 3. The third-order valence-corrected chi connectivity index (χ3v) is 2.92. The van der Waals surface area contributed by atoms with Crippen molar-refractivity contribution in [1.29, 1.82) is 0 Å². The van der Waals surface area contributed by atoms with Gasteiger partial charge in [-0.3, -0.25) is 9.48 Å². The van der Waals surface area contributed by atoms with Crippen LogP contribution in [-0.2, 0) is 11.3 Å². The van der Waals surface area contributed by atoms with Crippen LogP contribution in [0.15, 0.2) is 18.5 Å². The fraction of sp³-hybridized carbons (Fsp3) is 0.636. The highest BCUT2D eigenvalue weighted by Gasteiger charge is 2.20. The first-order valence-corrected chi connectivity index (χ1v) is 5.76. The van der Waals surface area contributed by atoms with Gasteiger partial charge in [-0.1, -0.05) is 0 Å². The molecule has 1 aromatic rings. The molecule has 1 unspecified atom stereocenters. The van der Waals surface area contributed by atoms with Gasteiger partial charge in [0.05, 0.1) is 0 Å². The number of hydrogen-bond acceptors (Lipinski definition) is 3. The van der Waals surface area contributed by atoms with Gasteiger partial charge >= 0.3 is 0 Å². The molecule has 0 spiro atoms. The van der Waals surface area contributed by atoms with E-state index in [1.54, 1.807) is 10.9 Å². The third-order valence-electron chi connectivity index (χ3n) is 2.92. The second kappa shape index (κ2) is 5.12. The number of piperidine rings is 1. The fourth-order valence-electron chi connectivity index (χ4n) is 2.04. The molecule has 0 bridgehead atoms. The van der Waals surface area contributed by atoms with Crippen LogP contribution in [0.5, 0.6) is 0 Å². The zero-order valence-corrected chi connectivity index (χ0v) is 9.38. The van der Waals surface area contributed by atoms with Crippen molar-refractivity contribution in [3.05, 3.63) is 18.5 Å². The van der Waals surface area contributed by atoms with Crippen molar-refractivity contribution in [2.24, 2.45) is 5.73 Å². The van der Waals surface area contributed by atoms with E-state index in [1.807, 2.05) is 17.2 Å². The van der Waals surface area contributed by atoms with Gasteiger partial charge in [0.2, 0.25) is 5.91 Å². The van der Waals surface area contributed by atoms with Gasteiger partial charge in [0.15, 0.2) is 0 Å². The second-order valence-electron chi connectivity index (χ2n) is 4.26. The number of amides is 1. The maximum Gasteiger partial charge on any atom is 0.224 e. The van der Waals surface area contributed by atoms with Crippen LogP contribution in [0.4, 0.5) is 0 Å². The molecule has 1 aromatic heterocycles. The highest BCUT2D eigenvalue weighted by molar-refractivity contribution is 5.76. The number of nitrogens with two attached hydrogens (primary N) is 1. The van der Waals surface area contributed by atoms with E-state index in [1.165, 1.54) is 0 Å². The molecule has 0 radical (unpaired) electrons. The topological polar surface area (TPSA) is 64.2 Å². The first kappa shape index (κ1) is 11.1. The van der Waals surface area contributed by atoms with E-state index < -0.39 is 0 Å². The maximum absolute atomic E-state index is 11.9. The smallest absolute Gasteiger partial charge is 0.224 e. The average Bonchev–Trinajstić information content (AvgIpc) is 2.78. The molecule has 88 valence electrons. The summed E-state index contributed by atoms with van der Waals surface area (Å²) in [6.07, 6.45) is 6.16. The van der Waals surface area contributed by atoms with Crippen molar-refractivity contribution in [3.8, 4) is 0 Å². The lowest BCUT2D eigenvalue weighted by Gasteiger charge is -2.30. The Bertz CT molecular complexity index is 336. The minimum Gasteiger partial charge on any atom is -0.341 e. The Morgan fingerprint density at radius 3 is 3.12 bits per heavy atom. The SMILES string of the molecule is NC1CCCN(C(=O)CCn2cccn2)C1. The highest BCUT2D eigenvalue weighted by atomic mass is 16.2. The molecular weight excluding hydrogens is 204 g/mol. The number of hydrogen-bond donors (Lipinski definition) is 1. The number of carbonyl (C=O) groups excluding carboxylic acids is 1. The van der Waals surface area contributed by atoms with Crippen LogP contribution in [0.2, 0.25) is 0 Å². The standard InChI is InChI=1S/C11H18N4O/c12-10-3-1-6-14(9-10)11(16)4-8-15-7-2-5-13-15/h2,5,7,10H,1,3-4,6,8-9,12H2. The van der Waals surface area contributed by atoms with Gasteiger partial charge in [-0.15, -0.1) is 0 Å². The highest BCUT2D eigenvalue weighted by Crippen LogP contribution is 2.09. The van der Waals surface area contributed by atoms with E-state index in [4.69, 9.17) is 5.73 Å². The predicted molar refractivity (Wildman–Crippen MR) is 60.6 cm³/mol. The summed E-state index contributed by atoms with van der Waals surface area (Å²) in [5, 5.41) is 4.07. The van der Waals surface area contributed by atoms with Crippen molar-refractivity contribution in [2.45, 2.75) is 31.8 Å². The molecule has 1 saturated heterocycles. The summed E-state index contributed by atoms with van der Waals surface area (Å²) >= 11 is 0. The summed E-state index contributed by atoms with van der Waals surface area (Å²) in [6, 6.07) is 2.02. The van der Waals surface area contributed by atoms with Crippen molar-refractivity contribution in [1.82, 2.24) is 14.7 Å². The molecule has 1 amide bonds. The van der Waals surface area contributed by atoms with E-state index >= 15 is 0 Å². The molecule has 1 aliphatic heterocycles. The quantitative estimate of drug-likeness (QED) is 0.796. The van der Waals surface area contributed by atoms with Gasteiger partial charge in [0.1, 0.15) is 0 Å². The summed E-state index contributed by atoms with van der Waals surface area (Å²) in [6.45, 7) is 2.21. The van der Waals surface area contributed by atoms with Gasteiger partial charge in [-0.2, -0.15) is 5.10 Å². The summed E-state index contributed by atoms with van der Waals surface area (Å²) in [5.41, 5.74) is 5.84. The number of aryl methyl sites for hydroxylation is 1. The van der Waals surface area contributed by atoms with Crippen molar-refractivity contribution >= 4 is 5.91 Å². The van der Waals surface area contributed by atoms with Crippen LogP contribution in [0.25, 0.3) is 0 Å². The Morgan fingerprint density at radius 2 is 2.44 bits per heavy atom. The Balaban J connectivity index is 1.79. The average molecular weight is 222 g/mol. The van der Waals surface area contributed by atoms with E-state index in [9.17, 15) is 4.79 Å². The van der Waals surface area contributed by atoms with Gasteiger partial charge in [-0.25, -0.2) is 0 Å². The molecule has 1 fully saturated rings. The Labute approximate surface area is 95.2 Å². The van der Waals surface area contributed by atoms with Gasteiger partial charge in [-0.05, 0) is 18.9 Å². The fourth-order valence-corrected chi connectivity index (χ4v) is 2.04. The summed E-state index contributed by atoms with van der Waals surface area (Å²) in [7, 11) is 0. The molecule has 0 aromatic carbocycles. The molecule has 2 heterocycles. The van der Waals surface area contributed by atoms with E-state index in [0.717, 1.165) is 19.4 Å². The molecule has 0 saturated carbocycles. The molecule has 5 heteroatoms. The van der Waals surface area contributed by atoms with Gasteiger partial charge in [0, 0.05) is 44.5 Å². The minimum absolute atomic E-state index is 0.155. The van der Waals surface area contributed by atoms with Crippen molar-refractivity contribution in [3.63, 3.8) is 0 Å². The van der Waals surface area contributed by atoms with Gasteiger partial charge in [0.25, 0.3) is 0 Å². The Morgan fingerprint density at radius 1 is 1.56 bits per heavy atom. The zero-order chi connectivity index (χ0) is 11.4. The van der Waals surface area contributed by atoms with E-state index in [2.05, 4.69) is 5.10 Å². The molecule has 16 heavy (non-hydrogen) atoms. The minimum atomic E-state index is 0.155. The van der Waals surface area contributed by atoms with Crippen LogP contribution in [0.3, 0.4) is 0 Å². The summed E-state index contributed by atoms with van der Waals surface area (Å²) < 4.78 is 1.78. The van der Waals surface area contributed by atoms with Gasteiger partial charge < -0.3 is 10.6 Å². The van der Waals surface area contributed by atoms with Crippen molar-refractivity contribution in [2.75, 3.05) is 13.1 Å². The lowest BCUT2D eigenvalue weighted by atomic mass is 10.1. The predicted octanol–water partition coefficient (Wildman–Crippen LogP) is 0.223. The van der Waals surface area contributed by atoms with Crippen LogP contribution in [0.1, 0.15) is 19.3 Å². The lowest BCUT2D eigenvalue weighted by Crippen LogP contribution is -2.45. The zero-order valence-electron chi connectivity index (χ0n) is 9.38. The first-order chi connectivity index (χ1) is 7.75. The van der Waals surface area contributed by atoms with Crippen LogP contribution in [-0.4, -0.2) is 39.7 Å². The van der Waals surface area contributed by atoms with Crippen molar-refractivity contribution < 1.29 is 4.79 Å². The maximum atomic E-state index is 11.9. The van der Waals surface area contributed by atoms with Crippen LogP contribution >= 0.6 is 0 Å². The molecule has 1 atom stereocenters. The second-order valence-corrected chi connectivity index (χ2v) is 4.26. The molecule has 2 rings (SSSR count). The summed E-state index contributed by atoms with van der Waals surface area (Å²) in [4.78, 5) is 13.7. The summed E-state index contributed by atoms with van der Waals surface area (Å²) in [5.74, 6) is 0.186. The number of carbonyl (C=O) groups is 1. The molecule has 0 aliphatic carbocycles. The first-order valence-electron chi connectivity index (χ1n) is 5.76. The number of rotatable bonds is 3. The number of aromatic nitrogens is 2. The Kier molecular flexibility index (Phi) is 3.56. The van der Waals surface area contributed by atoms with E-state index in [-0.39, 0.29) is 11.9 Å². The molecule has 1 aliphatic rings. The normalized spacial score (nSPS) is 21.1. The monoisotopic (exact) mass is 222 g/mol. The molecule has 5 nitrogen and oxygen atoms in total. The lowest BCUT2D eigenvalue weighted by molar-refractivity contribution is -0.132. The molecule has 2 N–H and O–H groups in total. The Hall–Kier alpha value is -1.36. The third kappa shape index (κ3) is 2.82. The number of likely N-dealkylation sites (tertiary alicyclic amines) is 1.